The van der Waals surface area contributed by atoms with Crippen molar-refractivity contribution in [3.8, 4) is 0 Å². The van der Waals surface area contributed by atoms with Crippen molar-refractivity contribution >= 4 is 5.78 Å². The number of fused-ring (bicyclic) bond motifs is 5. The third-order valence-electron chi connectivity index (χ3n) is 8.29. The molecule has 4 saturated carbocycles. The van der Waals surface area contributed by atoms with Crippen LogP contribution in [0.5, 0.6) is 0 Å². The van der Waals surface area contributed by atoms with E-state index in [1.165, 1.54) is 57.8 Å². The van der Waals surface area contributed by atoms with E-state index in [1.807, 2.05) is 0 Å². The number of ketones is 1. The highest BCUT2D eigenvalue weighted by molar-refractivity contribution is 5.87. The van der Waals surface area contributed by atoms with Gasteiger partial charge in [0.05, 0.1) is 0 Å². The van der Waals surface area contributed by atoms with Gasteiger partial charge < -0.3 is 5.48 Å². The second-order valence-corrected chi connectivity index (χ2v) is 8.82. The minimum atomic E-state index is 0. The average Bonchev–Trinajstić information content (AvgIpc) is 2.74. The summed E-state index contributed by atoms with van der Waals surface area (Å²) in [6.07, 6.45) is 13.4. The SMILES string of the molecule is C[C@]12CCCC[C@@H]1CC[C@H]1C3CCC(=O)[C@@]3(C)CC[C@@H]12.O.[HH]. The standard InChI is InChI=1S/C19H30O.H2O.H2/c1-18-11-4-3-5-13(18)6-7-14-15-8-9-17(20)19(15,2)12-10-16(14)18;;/h13-16H,3-12H2,1-2H3;1H2;1H/t13-,14+,15?,16+,18+,19+;;/m1../s1. The van der Waals surface area contributed by atoms with Crippen LogP contribution in [0.1, 0.15) is 79.5 Å². The maximum Gasteiger partial charge on any atom is 0.139 e. The van der Waals surface area contributed by atoms with E-state index in [0.29, 0.717) is 11.2 Å². The van der Waals surface area contributed by atoms with Gasteiger partial charge in [-0.25, -0.2) is 0 Å². The molecule has 0 aromatic carbocycles. The summed E-state index contributed by atoms with van der Waals surface area (Å²) in [5.74, 6) is 4.13. The molecule has 4 fully saturated rings. The molecule has 0 amide bonds. The van der Waals surface area contributed by atoms with Crippen LogP contribution in [0.4, 0.5) is 0 Å². The molecule has 4 rings (SSSR count). The topological polar surface area (TPSA) is 48.6 Å². The van der Waals surface area contributed by atoms with E-state index < -0.39 is 0 Å². The zero-order valence-corrected chi connectivity index (χ0v) is 13.8. The Bertz CT molecular complexity index is 437. The third-order valence-corrected chi connectivity index (χ3v) is 8.29. The van der Waals surface area contributed by atoms with Gasteiger partial charge in [-0.2, -0.15) is 0 Å². The first-order valence-electron chi connectivity index (χ1n) is 9.09. The smallest absolute Gasteiger partial charge is 0.139 e. The Morgan fingerprint density at radius 2 is 1.76 bits per heavy atom. The fourth-order valence-corrected chi connectivity index (χ4v) is 7.07. The summed E-state index contributed by atoms with van der Waals surface area (Å²) in [4.78, 5) is 12.4. The van der Waals surface area contributed by atoms with Crippen LogP contribution in [0, 0.1) is 34.5 Å². The van der Waals surface area contributed by atoms with E-state index in [1.54, 1.807) is 0 Å². The normalized spacial score (nSPS) is 52.4. The lowest BCUT2D eigenvalue weighted by Gasteiger charge is -2.59. The van der Waals surface area contributed by atoms with Gasteiger partial charge in [0.25, 0.3) is 0 Å². The second-order valence-electron chi connectivity index (χ2n) is 8.82. The minimum absolute atomic E-state index is 0. The number of carbonyl (C=O) groups excluding carboxylic acids is 1. The molecule has 0 heterocycles. The molecule has 0 aromatic rings. The molecule has 4 aliphatic carbocycles. The molecule has 2 N–H and O–H groups in total. The van der Waals surface area contributed by atoms with Gasteiger partial charge in [0.1, 0.15) is 5.78 Å². The summed E-state index contributed by atoms with van der Waals surface area (Å²) in [5, 5.41) is 0. The van der Waals surface area contributed by atoms with Gasteiger partial charge in [0.2, 0.25) is 0 Å². The Kier molecular flexibility index (Phi) is 3.75. The number of hydrogen-bond donors (Lipinski definition) is 0. The fraction of sp³-hybridized carbons (Fsp3) is 0.947. The van der Waals surface area contributed by atoms with Gasteiger partial charge in [-0.15, -0.1) is 0 Å². The van der Waals surface area contributed by atoms with Crippen molar-refractivity contribution in [2.45, 2.75) is 78.1 Å². The molecule has 0 aliphatic heterocycles. The van der Waals surface area contributed by atoms with E-state index in [4.69, 9.17) is 0 Å². The van der Waals surface area contributed by atoms with Gasteiger partial charge in [0.15, 0.2) is 0 Å². The molecular weight excluding hydrogens is 260 g/mol. The molecule has 0 spiro atoms. The predicted molar refractivity (Wildman–Crippen MR) is 87.1 cm³/mol. The predicted octanol–water partition coefficient (Wildman–Crippen LogP) is 4.41. The van der Waals surface area contributed by atoms with Crippen LogP contribution in [0.25, 0.3) is 0 Å². The first-order valence-corrected chi connectivity index (χ1v) is 9.09. The van der Waals surface area contributed by atoms with Crippen LogP contribution in [0.15, 0.2) is 0 Å². The van der Waals surface area contributed by atoms with Gasteiger partial charge in [-0.1, -0.05) is 26.7 Å². The zero-order chi connectivity index (χ0) is 14.0. The molecule has 1 unspecified atom stereocenters. The van der Waals surface area contributed by atoms with Gasteiger partial charge >= 0.3 is 0 Å². The summed E-state index contributed by atoms with van der Waals surface area (Å²) in [6, 6.07) is 0. The van der Waals surface area contributed by atoms with E-state index in [0.717, 1.165) is 30.1 Å². The van der Waals surface area contributed by atoms with Crippen molar-refractivity contribution < 1.29 is 11.7 Å². The molecule has 0 saturated heterocycles. The van der Waals surface area contributed by atoms with Gasteiger partial charge in [-0.05, 0) is 74.0 Å². The molecule has 0 aromatic heterocycles. The Labute approximate surface area is 130 Å². The van der Waals surface area contributed by atoms with Crippen molar-refractivity contribution in [3.63, 3.8) is 0 Å². The summed E-state index contributed by atoms with van der Waals surface area (Å²) in [7, 11) is 0. The first-order chi connectivity index (χ1) is 9.56. The van der Waals surface area contributed by atoms with Crippen LogP contribution in [0.3, 0.4) is 0 Å². The molecule has 2 nitrogen and oxygen atoms in total. The number of rotatable bonds is 0. The average molecular weight is 294 g/mol. The van der Waals surface area contributed by atoms with Crippen molar-refractivity contribution in [2.75, 3.05) is 0 Å². The summed E-state index contributed by atoms with van der Waals surface area (Å²) >= 11 is 0. The maximum atomic E-state index is 12.4. The van der Waals surface area contributed by atoms with Crippen molar-refractivity contribution in [1.29, 1.82) is 0 Å². The monoisotopic (exact) mass is 294 g/mol. The van der Waals surface area contributed by atoms with E-state index in [9.17, 15) is 4.79 Å². The van der Waals surface area contributed by atoms with Crippen LogP contribution in [0.2, 0.25) is 0 Å². The van der Waals surface area contributed by atoms with Crippen molar-refractivity contribution in [1.82, 2.24) is 0 Å². The molecule has 4 aliphatic rings. The fourth-order valence-electron chi connectivity index (χ4n) is 7.07. The minimum Gasteiger partial charge on any atom is -0.412 e. The van der Waals surface area contributed by atoms with E-state index in [2.05, 4.69) is 13.8 Å². The van der Waals surface area contributed by atoms with Gasteiger partial charge in [-0.3, -0.25) is 4.79 Å². The molecule has 6 atom stereocenters. The maximum absolute atomic E-state index is 12.4. The lowest BCUT2D eigenvalue weighted by Crippen LogP contribution is -2.52. The Balaban J connectivity index is 0.000000882. The second kappa shape index (κ2) is 5.08. The Morgan fingerprint density at radius 3 is 2.57 bits per heavy atom. The molecule has 0 bridgehead atoms. The molecule has 21 heavy (non-hydrogen) atoms. The third kappa shape index (κ3) is 1.97. The van der Waals surface area contributed by atoms with Crippen LogP contribution in [-0.4, -0.2) is 11.3 Å². The lowest BCUT2D eigenvalue weighted by atomic mass is 9.45. The molecule has 2 heteroatoms. The number of hydrogen-bond acceptors (Lipinski definition) is 1. The highest BCUT2D eigenvalue weighted by Crippen LogP contribution is 2.65. The van der Waals surface area contributed by atoms with Gasteiger partial charge in [0, 0.05) is 13.3 Å². The highest BCUT2D eigenvalue weighted by Gasteiger charge is 2.59. The van der Waals surface area contributed by atoms with Crippen LogP contribution < -0.4 is 0 Å². The van der Waals surface area contributed by atoms with Crippen molar-refractivity contribution in [2.24, 2.45) is 34.5 Å². The largest absolute Gasteiger partial charge is 0.412 e. The molecule has 122 valence electrons. The highest BCUT2D eigenvalue weighted by atomic mass is 16.1. The Morgan fingerprint density at radius 1 is 0.952 bits per heavy atom. The summed E-state index contributed by atoms with van der Waals surface area (Å²) < 4.78 is 0. The first kappa shape index (κ1) is 15.5. The number of Topliss-reactive ketones (excluding diaryl/α,β-unsaturated/α-hetero) is 1. The zero-order valence-electron chi connectivity index (χ0n) is 13.8. The summed E-state index contributed by atoms with van der Waals surface area (Å²) in [6.45, 7) is 4.92. The molecular formula is C19H34O2. The van der Waals surface area contributed by atoms with E-state index >= 15 is 0 Å². The number of carbonyl (C=O) groups is 1. The van der Waals surface area contributed by atoms with Crippen LogP contribution in [-0.2, 0) is 4.79 Å². The quantitative estimate of drug-likeness (QED) is 0.653. The Hall–Kier alpha value is -0.370. The van der Waals surface area contributed by atoms with Crippen molar-refractivity contribution in [3.05, 3.63) is 0 Å². The van der Waals surface area contributed by atoms with E-state index in [-0.39, 0.29) is 12.3 Å². The van der Waals surface area contributed by atoms with Crippen LogP contribution >= 0.6 is 0 Å². The molecule has 0 radical (unpaired) electrons. The lowest BCUT2D eigenvalue weighted by molar-refractivity contribution is -0.138. The summed E-state index contributed by atoms with van der Waals surface area (Å²) in [5.41, 5.74) is 0.688.